The topological polar surface area (TPSA) is 17.1 Å². The molecule has 0 radical (unpaired) electrons. The van der Waals surface area contributed by atoms with Gasteiger partial charge in [-0.25, -0.2) is 0 Å². The van der Waals surface area contributed by atoms with Gasteiger partial charge in [0, 0.05) is 5.56 Å². The highest BCUT2D eigenvalue weighted by Crippen LogP contribution is 2.22. The van der Waals surface area contributed by atoms with Crippen molar-refractivity contribution in [3.8, 4) is 0 Å². The van der Waals surface area contributed by atoms with E-state index in [-0.39, 0.29) is 0 Å². The van der Waals surface area contributed by atoms with Gasteiger partial charge in [-0.1, -0.05) is 75.8 Å². The molecule has 0 saturated heterocycles. The van der Waals surface area contributed by atoms with Gasteiger partial charge in [0.15, 0.2) is 0 Å². The molecule has 0 aliphatic heterocycles. The summed E-state index contributed by atoms with van der Waals surface area (Å²) in [5.41, 5.74) is 2.18. The van der Waals surface area contributed by atoms with Crippen LogP contribution < -0.4 is 0 Å². The van der Waals surface area contributed by atoms with Crippen molar-refractivity contribution in [2.75, 3.05) is 0 Å². The van der Waals surface area contributed by atoms with Crippen molar-refractivity contribution in [2.24, 2.45) is 0 Å². The van der Waals surface area contributed by atoms with Gasteiger partial charge in [0.05, 0.1) is 0 Å². The minimum atomic E-state index is 0.760. The van der Waals surface area contributed by atoms with Gasteiger partial charge < -0.3 is 0 Å². The molecule has 0 N–H and O–H groups in total. The van der Waals surface area contributed by atoms with Crippen LogP contribution in [0.3, 0.4) is 0 Å². The average Bonchev–Trinajstić information content (AvgIpc) is 2.53. The fraction of sp³-hybridized carbons (Fsp3) is 0.450. The highest BCUT2D eigenvalue weighted by atomic mass is 16.1. The Hall–Kier alpha value is -1.63. The maximum Gasteiger partial charge on any atom is 0.150 e. The first-order chi connectivity index (χ1) is 10.3. The fourth-order valence-electron chi connectivity index (χ4n) is 2.93. The molecule has 0 amide bonds. The highest BCUT2D eigenvalue weighted by Gasteiger charge is 2.02. The predicted molar refractivity (Wildman–Crippen MR) is 91.0 cm³/mol. The number of benzene rings is 2. The SMILES string of the molecule is CCCCCCCCCc1cccc2cc(C=O)ccc12. The Kier molecular flexibility index (Phi) is 6.46. The van der Waals surface area contributed by atoms with Gasteiger partial charge in [-0.3, -0.25) is 4.79 Å². The van der Waals surface area contributed by atoms with Crippen LogP contribution in [-0.2, 0) is 6.42 Å². The second-order valence-corrected chi connectivity index (χ2v) is 5.89. The number of carbonyl (C=O) groups is 1. The van der Waals surface area contributed by atoms with E-state index in [1.807, 2.05) is 12.1 Å². The smallest absolute Gasteiger partial charge is 0.150 e. The number of fused-ring (bicyclic) bond motifs is 1. The summed E-state index contributed by atoms with van der Waals surface area (Å²) in [6.07, 6.45) is 11.5. The fourth-order valence-corrected chi connectivity index (χ4v) is 2.93. The van der Waals surface area contributed by atoms with Gasteiger partial charge in [-0.05, 0) is 35.2 Å². The Morgan fingerprint density at radius 2 is 1.67 bits per heavy atom. The Morgan fingerprint density at radius 1 is 0.905 bits per heavy atom. The largest absolute Gasteiger partial charge is 0.298 e. The molecule has 0 atom stereocenters. The molecule has 0 aromatic heterocycles. The summed E-state index contributed by atoms with van der Waals surface area (Å²) in [5.74, 6) is 0. The molecule has 2 rings (SSSR count). The summed E-state index contributed by atoms with van der Waals surface area (Å²) >= 11 is 0. The summed E-state index contributed by atoms with van der Waals surface area (Å²) in [5, 5.41) is 2.48. The zero-order valence-electron chi connectivity index (χ0n) is 13.1. The van der Waals surface area contributed by atoms with E-state index in [0.717, 1.165) is 18.3 Å². The molecule has 0 bridgehead atoms. The molecule has 0 aliphatic carbocycles. The van der Waals surface area contributed by atoms with Gasteiger partial charge in [0.25, 0.3) is 0 Å². The molecule has 1 nitrogen and oxygen atoms in total. The van der Waals surface area contributed by atoms with Crippen molar-refractivity contribution < 1.29 is 4.79 Å². The summed E-state index contributed by atoms with van der Waals surface area (Å²) < 4.78 is 0. The molecule has 2 aromatic carbocycles. The van der Waals surface area contributed by atoms with E-state index in [9.17, 15) is 4.79 Å². The van der Waals surface area contributed by atoms with Crippen molar-refractivity contribution in [1.82, 2.24) is 0 Å². The van der Waals surface area contributed by atoms with Crippen LogP contribution in [0.2, 0.25) is 0 Å². The standard InChI is InChI=1S/C20H26O/c1-2-3-4-5-6-7-8-10-18-11-9-12-19-15-17(16-21)13-14-20(18)19/h9,11-16H,2-8,10H2,1H3. The van der Waals surface area contributed by atoms with Crippen molar-refractivity contribution in [1.29, 1.82) is 0 Å². The number of carbonyl (C=O) groups excluding carboxylic acids is 1. The van der Waals surface area contributed by atoms with Gasteiger partial charge >= 0.3 is 0 Å². The monoisotopic (exact) mass is 282 g/mol. The zero-order valence-corrected chi connectivity index (χ0v) is 13.1. The van der Waals surface area contributed by atoms with Crippen LogP contribution in [-0.4, -0.2) is 6.29 Å². The Morgan fingerprint density at radius 3 is 2.43 bits per heavy atom. The van der Waals surface area contributed by atoms with Crippen LogP contribution in [0, 0.1) is 0 Å². The second kappa shape index (κ2) is 8.61. The van der Waals surface area contributed by atoms with Crippen LogP contribution in [0.4, 0.5) is 0 Å². The quantitative estimate of drug-likeness (QED) is 0.410. The third-order valence-corrected chi connectivity index (χ3v) is 4.18. The van der Waals surface area contributed by atoms with Gasteiger partial charge in [-0.15, -0.1) is 0 Å². The molecule has 0 heterocycles. The minimum absolute atomic E-state index is 0.760. The van der Waals surface area contributed by atoms with Crippen molar-refractivity contribution in [3.05, 3.63) is 47.5 Å². The lowest BCUT2D eigenvalue weighted by atomic mass is 9.98. The summed E-state index contributed by atoms with van der Waals surface area (Å²) in [6, 6.07) is 12.4. The van der Waals surface area contributed by atoms with Crippen molar-refractivity contribution in [2.45, 2.75) is 58.3 Å². The molecule has 0 unspecified atom stereocenters. The number of aryl methyl sites for hydroxylation is 1. The molecule has 0 aliphatic rings. The normalized spacial score (nSPS) is 10.9. The summed E-state index contributed by atoms with van der Waals surface area (Å²) in [4.78, 5) is 10.9. The third-order valence-electron chi connectivity index (χ3n) is 4.18. The molecule has 0 saturated carbocycles. The van der Waals surface area contributed by atoms with Crippen LogP contribution in [0.25, 0.3) is 10.8 Å². The molecular formula is C20H26O. The van der Waals surface area contributed by atoms with Crippen molar-refractivity contribution in [3.63, 3.8) is 0 Å². The Balaban J connectivity index is 1.88. The number of rotatable bonds is 9. The Bertz CT molecular complexity index is 571. The zero-order chi connectivity index (χ0) is 14.9. The van der Waals surface area contributed by atoms with Crippen molar-refractivity contribution >= 4 is 17.1 Å². The van der Waals surface area contributed by atoms with Crippen LogP contribution >= 0.6 is 0 Å². The van der Waals surface area contributed by atoms with E-state index in [1.165, 1.54) is 61.3 Å². The summed E-state index contributed by atoms with van der Waals surface area (Å²) in [6.45, 7) is 2.26. The van der Waals surface area contributed by atoms with Crippen LogP contribution in [0.1, 0.15) is 67.8 Å². The van der Waals surface area contributed by atoms with Gasteiger partial charge in [-0.2, -0.15) is 0 Å². The minimum Gasteiger partial charge on any atom is -0.298 e. The van der Waals surface area contributed by atoms with E-state index in [0.29, 0.717) is 0 Å². The van der Waals surface area contributed by atoms with Gasteiger partial charge in [0.2, 0.25) is 0 Å². The first-order valence-electron chi connectivity index (χ1n) is 8.32. The molecule has 112 valence electrons. The van der Waals surface area contributed by atoms with Gasteiger partial charge in [0.1, 0.15) is 6.29 Å². The molecule has 0 fully saturated rings. The first-order valence-corrected chi connectivity index (χ1v) is 8.32. The number of unbranched alkanes of at least 4 members (excludes halogenated alkanes) is 6. The van der Waals surface area contributed by atoms with E-state index >= 15 is 0 Å². The maximum atomic E-state index is 10.9. The lowest BCUT2D eigenvalue weighted by Gasteiger charge is -2.07. The first kappa shape index (κ1) is 15.8. The van der Waals surface area contributed by atoms with E-state index in [2.05, 4.69) is 31.2 Å². The highest BCUT2D eigenvalue weighted by molar-refractivity contribution is 5.90. The molecule has 21 heavy (non-hydrogen) atoms. The lowest BCUT2D eigenvalue weighted by Crippen LogP contribution is -1.89. The van der Waals surface area contributed by atoms with Crippen LogP contribution in [0.15, 0.2) is 36.4 Å². The number of aldehydes is 1. The second-order valence-electron chi connectivity index (χ2n) is 5.89. The third kappa shape index (κ3) is 4.70. The summed E-state index contributed by atoms with van der Waals surface area (Å²) in [7, 11) is 0. The van der Waals surface area contributed by atoms with E-state index < -0.39 is 0 Å². The maximum absolute atomic E-state index is 10.9. The predicted octanol–water partition coefficient (Wildman–Crippen LogP) is 5.95. The molecule has 0 spiro atoms. The lowest BCUT2D eigenvalue weighted by molar-refractivity contribution is 0.112. The van der Waals surface area contributed by atoms with E-state index in [1.54, 1.807) is 0 Å². The van der Waals surface area contributed by atoms with Crippen LogP contribution in [0.5, 0.6) is 0 Å². The molecule has 1 heteroatoms. The number of hydrogen-bond donors (Lipinski definition) is 0. The van der Waals surface area contributed by atoms with E-state index in [4.69, 9.17) is 0 Å². The molecular weight excluding hydrogens is 256 g/mol. The molecule has 2 aromatic rings. The number of hydrogen-bond acceptors (Lipinski definition) is 1. The average molecular weight is 282 g/mol. The Labute approximate surface area is 128 Å².